The highest BCUT2D eigenvalue weighted by atomic mass is 16.1. The minimum Gasteiger partial charge on any atom is -0.398 e. The summed E-state index contributed by atoms with van der Waals surface area (Å²) in [7, 11) is 0. The van der Waals surface area contributed by atoms with Crippen molar-refractivity contribution in [1.29, 1.82) is 0 Å². The first-order chi connectivity index (χ1) is 9.65. The SMILES string of the molecule is Nc1ccc(/C=C/C(=O)NCc2ccccc2N)cn1. The lowest BCUT2D eigenvalue weighted by Gasteiger charge is -2.05. The number of hydrogen-bond donors (Lipinski definition) is 3. The summed E-state index contributed by atoms with van der Waals surface area (Å²) in [5, 5.41) is 2.77. The monoisotopic (exact) mass is 268 g/mol. The number of amides is 1. The molecule has 1 aromatic heterocycles. The molecule has 0 fully saturated rings. The zero-order valence-corrected chi connectivity index (χ0v) is 10.9. The number of para-hydroxylation sites is 1. The smallest absolute Gasteiger partial charge is 0.244 e. The highest BCUT2D eigenvalue weighted by Gasteiger charge is 1.99. The molecule has 0 bridgehead atoms. The third-order valence-electron chi connectivity index (χ3n) is 2.74. The summed E-state index contributed by atoms with van der Waals surface area (Å²) in [6.45, 7) is 0.399. The molecule has 0 saturated carbocycles. The van der Waals surface area contributed by atoms with Crippen LogP contribution in [0.15, 0.2) is 48.7 Å². The Kier molecular flexibility index (Phi) is 4.34. The number of pyridine rings is 1. The molecule has 5 N–H and O–H groups in total. The maximum Gasteiger partial charge on any atom is 0.244 e. The van der Waals surface area contributed by atoms with Crippen molar-refractivity contribution in [3.8, 4) is 0 Å². The summed E-state index contributed by atoms with van der Waals surface area (Å²) < 4.78 is 0. The van der Waals surface area contributed by atoms with Crippen LogP contribution in [-0.2, 0) is 11.3 Å². The number of nitrogens with two attached hydrogens (primary N) is 2. The number of nitrogens with one attached hydrogen (secondary N) is 1. The van der Waals surface area contributed by atoms with Gasteiger partial charge in [-0.2, -0.15) is 0 Å². The van der Waals surface area contributed by atoms with Crippen molar-refractivity contribution < 1.29 is 4.79 Å². The van der Waals surface area contributed by atoms with Gasteiger partial charge in [0.05, 0.1) is 0 Å². The number of rotatable bonds is 4. The number of anilines is 2. The lowest BCUT2D eigenvalue weighted by atomic mass is 10.2. The molecule has 0 aliphatic carbocycles. The van der Waals surface area contributed by atoms with Crippen molar-refractivity contribution in [2.24, 2.45) is 0 Å². The zero-order valence-electron chi connectivity index (χ0n) is 10.9. The molecule has 0 atom stereocenters. The molecule has 1 heterocycles. The molecule has 2 aromatic rings. The van der Waals surface area contributed by atoms with Gasteiger partial charge in [0.25, 0.3) is 0 Å². The number of benzene rings is 1. The Morgan fingerprint density at radius 2 is 2.00 bits per heavy atom. The molecule has 2 rings (SSSR count). The summed E-state index contributed by atoms with van der Waals surface area (Å²) in [5.41, 5.74) is 13.7. The van der Waals surface area contributed by atoms with E-state index in [-0.39, 0.29) is 5.91 Å². The highest BCUT2D eigenvalue weighted by Crippen LogP contribution is 2.09. The Balaban J connectivity index is 1.90. The molecule has 0 aliphatic heterocycles. The zero-order chi connectivity index (χ0) is 14.4. The van der Waals surface area contributed by atoms with Gasteiger partial charge in [0.15, 0.2) is 0 Å². The molecule has 0 radical (unpaired) electrons. The third-order valence-corrected chi connectivity index (χ3v) is 2.74. The first-order valence-electron chi connectivity index (χ1n) is 6.16. The number of nitrogens with zero attached hydrogens (tertiary/aromatic N) is 1. The molecule has 5 nitrogen and oxygen atoms in total. The van der Waals surface area contributed by atoms with E-state index in [1.165, 1.54) is 6.08 Å². The van der Waals surface area contributed by atoms with Gasteiger partial charge in [0.1, 0.15) is 5.82 Å². The molecule has 5 heteroatoms. The molecule has 0 saturated heterocycles. The van der Waals surface area contributed by atoms with E-state index >= 15 is 0 Å². The minimum atomic E-state index is -0.190. The maximum atomic E-state index is 11.7. The van der Waals surface area contributed by atoms with Crippen LogP contribution < -0.4 is 16.8 Å². The molecule has 0 spiro atoms. The molecular formula is C15H16N4O. The number of aromatic nitrogens is 1. The largest absolute Gasteiger partial charge is 0.398 e. The van der Waals surface area contributed by atoms with Crippen LogP contribution in [-0.4, -0.2) is 10.9 Å². The van der Waals surface area contributed by atoms with Gasteiger partial charge in [0.2, 0.25) is 5.91 Å². The summed E-state index contributed by atoms with van der Waals surface area (Å²) >= 11 is 0. The molecule has 0 unspecified atom stereocenters. The van der Waals surface area contributed by atoms with Gasteiger partial charge in [-0.05, 0) is 35.4 Å². The van der Waals surface area contributed by atoms with Gasteiger partial charge >= 0.3 is 0 Å². The van der Waals surface area contributed by atoms with Crippen LogP contribution >= 0.6 is 0 Å². The normalized spacial score (nSPS) is 10.6. The standard InChI is InChI=1S/C15H16N4O/c16-13-4-2-1-3-12(13)10-19-15(20)8-6-11-5-7-14(17)18-9-11/h1-9H,10,16H2,(H2,17,18)(H,19,20)/b8-6+. The number of hydrogen-bond acceptors (Lipinski definition) is 4. The predicted molar refractivity (Wildman–Crippen MR) is 80.4 cm³/mol. The Bertz CT molecular complexity index is 620. The second kappa shape index (κ2) is 6.38. The van der Waals surface area contributed by atoms with Gasteiger partial charge in [-0.3, -0.25) is 4.79 Å². The third kappa shape index (κ3) is 3.84. The Hall–Kier alpha value is -2.82. The molecule has 0 aliphatic rings. The van der Waals surface area contributed by atoms with E-state index in [0.717, 1.165) is 11.1 Å². The van der Waals surface area contributed by atoms with E-state index in [9.17, 15) is 4.79 Å². The first-order valence-corrected chi connectivity index (χ1v) is 6.16. The van der Waals surface area contributed by atoms with Gasteiger partial charge in [0, 0.05) is 24.5 Å². The predicted octanol–water partition coefficient (Wildman–Crippen LogP) is 1.58. The van der Waals surface area contributed by atoms with E-state index < -0.39 is 0 Å². The van der Waals surface area contributed by atoms with Crippen molar-refractivity contribution in [3.05, 3.63) is 59.8 Å². The number of carbonyl (C=O) groups excluding carboxylic acids is 1. The quantitative estimate of drug-likeness (QED) is 0.579. The van der Waals surface area contributed by atoms with Crippen molar-refractivity contribution in [2.75, 3.05) is 11.5 Å². The first kappa shape index (κ1) is 13.6. The summed E-state index contributed by atoms with van der Waals surface area (Å²) in [6.07, 6.45) is 4.73. The van der Waals surface area contributed by atoms with E-state index in [4.69, 9.17) is 11.5 Å². The van der Waals surface area contributed by atoms with Crippen molar-refractivity contribution >= 4 is 23.5 Å². The van der Waals surface area contributed by atoms with Crippen LogP contribution in [0.4, 0.5) is 11.5 Å². The fourth-order valence-corrected chi connectivity index (χ4v) is 1.62. The molecular weight excluding hydrogens is 252 g/mol. The van der Waals surface area contributed by atoms with Crippen LogP contribution in [0.5, 0.6) is 0 Å². The Morgan fingerprint density at radius 1 is 1.20 bits per heavy atom. The van der Waals surface area contributed by atoms with Gasteiger partial charge in [-0.25, -0.2) is 4.98 Å². The van der Waals surface area contributed by atoms with Crippen LogP contribution in [0.2, 0.25) is 0 Å². The Morgan fingerprint density at radius 3 is 2.70 bits per heavy atom. The number of nitrogen functional groups attached to an aromatic ring is 2. The van der Waals surface area contributed by atoms with E-state index in [0.29, 0.717) is 18.1 Å². The fourth-order valence-electron chi connectivity index (χ4n) is 1.62. The average Bonchev–Trinajstić information content (AvgIpc) is 2.46. The van der Waals surface area contributed by atoms with Crippen molar-refractivity contribution in [2.45, 2.75) is 6.54 Å². The topological polar surface area (TPSA) is 94.0 Å². The second-order valence-electron chi connectivity index (χ2n) is 4.27. The molecule has 102 valence electrons. The van der Waals surface area contributed by atoms with Crippen LogP contribution in [0.1, 0.15) is 11.1 Å². The van der Waals surface area contributed by atoms with Crippen molar-refractivity contribution in [3.63, 3.8) is 0 Å². The van der Waals surface area contributed by atoms with E-state index in [1.54, 1.807) is 30.5 Å². The summed E-state index contributed by atoms with van der Waals surface area (Å²) in [4.78, 5) is 15.6. The van der Waals surface area contributed by atoms with Crippen molar-refractivity contribution in [1.82, 2.24) is 10.3 Å². The summed E-state index contributed by atoms with van der Waals surface area (Å²) in [5.74, 6) is 0.260. The second-order valence-corrected chi connectivity index (χ2v) is 4.27. The maximum absolute atomic E-state index is 11.7. The lowest BCUT2D eigenvalue weighted by Crippen LogP contribution is -2.20. The number of carbonyl (C=O) groups is 1. The Labute approximate surface area is 117 Å². The lowest BCUT2D eigenvalue weighted by molar-refractivity contribution is -0.116. The summed E-state index contributed by atoms with van der Waals surface area (Å²) in [6, 6.07) is 10.9. The average molecular weight is 268 g/mol. The van der Waals surface area contributed by atoms with E-state index in [1.807, 2.05) is 18.2 Å². The van der Waals surface area contributed by atoms with Crippen LogP contribution in [0.3, 0.4) is 0 Å². The molecule has 1 amide bonds. The fraction of sp³-hybridized carbons (Fsp3) is 0.0667. The molecule has 1 aromatic carbocycles. The minimum absolute atomic E-state index is 0.190. The van der Waals surface area contributed by atoms with Crippen LogP contribution in [0, 0.1) is 0 Å². The van der Waals surface area contributed by atoms with Gasteiger partial charge in [-0.1, -0.05) is 18.2 Å². The van der Waals surface area contributed by atoms with E-state index in [2.05, 4.69) is 10.3 Å². The van der Waals surface area contributed by atoms with Crippen LogP contribution in [0.25, 0.3) is 6.08 Å². The molecule has 20 heavy (non-hydrogen) atoms. The van der Waals surface area contributed by atoms with Gasteiger partial charge in [-0.15, -0.1) is 0 Å². The van der Waals surface area contributed by atoms with Gasteiger partial charge < -0.3 is 16.8 Å². The highest BCUT2D eigenvalue weighted by molar-refractivity contribution is 5.91.